The van der Waals surface area contributed by atoms with Crippen LogP contribution in [0.15, 0.2) is 24.3 Å². The second kappa shape index (κ2) is 8.29. The van der Waals surface area contributed by atoms with Crippen molar-refractivity contribution in [2.45, 2.75) is 59.9 Å². The molecule has 0 saturated carbocycles. The number of carbonyl (C=O) groups excluding carboxylic acids is 2. The molecule has 0 aliphatic rings. The van der Waals surface area contributed by atoms with E-state index in [1.807, 2.05) is 20.8 Å². The standard InChI is InChI=1S/C20H27FN6O3/c1-18(2,3)16(28)22-13-10-8-12(9-11-13)14-24-26-15(27-25-14)20(7,21)23-17(29)30-19(4,5)6/h8-11H,1-7H3,(H,22,28)(H,23,29). The molecule has 162 valence electrons. The van der Waals surface area contributed by atoms with Gasteiger partial charge in [-0.3, -0.25) is 10.1 Å². The Labute approximate surface area is 174 Å². The molecule has 2 amide bonds. The fraction of sp³-hybridized carbons (Fsp3) is 0.500. The number of amides is 2. The molecular weight excluding hydrogens is 391 g/mol. The van der Waals surface area contributed by atoms with Crippen molar-refractivity contribution in [3.8, 4) is 11.4 Å². The third kappa shape index (κ3) is 6.43. The highest BCUT2D eigenvalue weighted by molar-refractivity contribution is 5.94. The van der Waals surface area contributed by atoms with E-state index in [1.165, 1.54) is 0 Å². The Morgan fingerprint density at radius 2 is 1.43 bits per heavy atom. The molecular formula is C20H27FN6O3. The fourth-order valence-electron chi connectivity index (χ4n) is 2.11. The molecule has 0 bridgehead atoms. The zero-order valence-electron chi connectivity index (χ0n) is 18.2. The second-order valence-corrected chi connectivity index (χ2v) is 8.96. The Hall–Kier alpha value is -3.17. The summed E-state index contributed by atoms with van der Waals surface area (Å²) >= 11 is 0. The molecule has 1 aromatic carbocycles. The monoisotopic (exact) mass is 418 g/mol. The summed E-state index contributed by atoms with van der Waals surface area (Å²) in [5, 5.41) is 20.1. The lowest BCUT2D eigenvalue weighted by Gasteiger charge is -2.24. The van der Waals surface area contributed by atoms with E-state index in [0.29, 0.717) is 11.3 Å². The summed E-state index contributed by atoms with van der Waals surface area (Å²) in [6.07, 6.45) is -0.951. The molecule has 2 aromatic rings. The molecule has 1 heterocycles. The summed E-state index contributed by atoms with van der Waals surface area (Å²) in [7, 11) is 0. The van der Waals surface area contributed by atoms with Gasteiger partial charge < -0.3 is 10.1 Å². The minimum Gasteiger partial charge on any atom is -0.444 e. The van der Waals surface area contributed by atoms with Gasteiger partial charge in [0, 0.05) is 16.7 Å². The zero-order valence-corrected chi connectivity index (χ0v) is 18.2. The van der Waals surface area contributed by atoms with Gasteiger partial charge in [-0.15, -0.1) is 20.4 Å². The molecule has 10 heteroatoms. The van der Waals surface area contributed by atoms with Crippen LogP contribution in [0.5, 0.6) is 0 Å². The van der Waals surface area contributed by atoms with E-state index in [9.17, 15) is 14.0 Å². The molecule has 2 rings (SSSR count). The molecule has 0 spiro atoms. The lowest BCUT2D eigenvalue weighted by atomic mass is 9.95. The van der Waals surface area contributed by atoms with Gasteiger partial charge in [0.2, 0.25) is 23.3 Å². The SMILES string of the molecule is CC(C)(C)OC(=O)NC(C)(F)c1nnc(-c2ccc(NC(=O)C(C)(C)C)cc2)nn1. The maximum absolute atomic E-state index is 14.8. The van der Waals surface area contributed by atoms with E-state index in [2.05, 4.69) is 31.0 Å². The number of rotatable bonds is 4. The average molecular weight is 418 g/mol. The quantitative estimate of drug-likeness (QED) is 0.728. The average Bonchev–Trinajstić information content (AvgIpc) is 2.59. The molecule has 0 aliphatic carbocycles. The number of nitrogens with zero attached hydrogens (tertiary/aromatic N) is 4. The van der Waals surface area contributed by atoms with Crippen LogP contribution in [-0.2, 0) is 15.3 Å². The van der Waals surface area contributed by atoms with E-state index in [1.54, 1.807) is 45.0 Å². The maximum atomic E-state index is 14.8. The fourth-order valence-corrected chi connectivity index (χ4v) is 2.11. The third-order valence-electron chi connectivity index (χ3n) is 3.72. The van der Waals surface area contributed by atoms with Crippen molar-refractivity contribution in [1.82, 2.24) is 25.7 Å². The first-order chi connectivity index (χ1) is 13.7. The minimum atomic E-state index is -2.41. The topological polar surface area (TPSA) is 119 Å². The molecule has 0 saturated heterocycles. The zero-order chi connectivity index (χ0) is 22.7. The molecule has 1 atom stereocenters. The molecule has 1 unspecified atom stereocenters. The summed E-state index contributed by atoms with van der Waals surface area (Å²) < 4.78 is 19.8. The molecule has 0 radical (unpaired) electrons. The molecule has 0 aliphatic heterocycles. The second-order valence-electron chi connectivity index (χ2n) is 8.96. The van der Waals surface area contributed by atoms with E-state index >= 15 is 0 Å². The van der Waals surface area contributed by atoms with Gasteiger partial charge in [0.15, 0.2) is 0 Å². The number of hydrogen-bond donors (Lipinski definition) is 2. The number of benzene rings is 1. The highest BCUT2D eigenvalue weighted by Gasteiger charge is 2.34. The predicted octanol–water partition coefficient (Wildman–Crippen LogP) is 3.59. The number of aromatic nitrogens is 4. The van der Waals surface area contributed by atoms with Crippen molar-refractivity contribution in [1.29, 1.82) is 0 Å². The number of alkyl halides is 1. The summed E-state index contributed by atoms with van der Waals surface area (Å²) in [6, 6.07) is 6.76. The van der Waals surface area contributed by atoms with Gasteiger partial charge in [-0.1, -0.05) is 20.8 Å². The number of ether oxygens (including phenoxy) is 1. The Balaban J connectivity index is 2.09. The highest BCUT2D eigenvalue weighted by atomic mass is 19.1. The van der Waals surface area contributed by atoms with Gasteiger partial charge in [-0.05, 0) is 52.0 Å². The van der Waals surface area contributed by atoms with Crippen molar-refractivity contribution < 1.29 is 18.7 Å². The van der Waals surface area contributed by atoms with Crippen LogP contribution in [0.4, 0.5) is 14.9 Å². The van der Waals surface area contributed by atoms with Crippen LogP contribution in [-0.4, -0.2) is 38.0 Å². The van der Waals surface area contributed by atoms with Gasteiger partial charge in [0.05, 0.1) is 0 Å². The lowest BCUT2D eigenvalue weighted by molar-refractivity contribution is -0.123. The van der Waals surface area contributed by atoms with Crippen molar-refractivity contribution in [3.05, 3.63) is 30.1 Å². The van der Waals surface area contributed by atoms with Crippen LogP contribution in [0.25, 0.3) is 11.4 Å². The summed E-state index contributed by atoms with van der Waals surface area (Å²) in [4.78, 5) is 23.8. The molecule has 9 nitrogen and oxygen atoms in total. The van der Waals surface area contributed by atoms with Crippen molar-refractivity contribution in [2.24, 2.45) is 5.41 Å². The van der Waals surface area contributed by atoms with Crippen LogP contribution < -0.4 is 10.6 Å². The normalized spacial score (nSPS) is 13.9. The van der Waals surface area contributed by atoms with Crippen LogP contribution in [0.1, 0.15) is 54.3 Å². The van der Waals surface area contributed by atoms with Crippen LogP contribution in [0.2, 0.25) is 0 Å². The largest absolute Gasteiger partial charge is 0.444 e. The smallest absolute Gasteiger partial charge is 0.410 e. The highest BCUT2D eigenvalue weighted by Crippen LogP contribution is 2.22. The molecule has 30 heavy (non-hydrogen) atoms. The Bertz CT molecular complexity index is 900. The number of nitrogens with one attached hydrogen (secondary N) is 2. The Kier molecular flexibility index (Phi) is 6.39. The summed E-state index contributed by atoms with van der Waals surface area (Å²) in [5.41, 5.74) is -0.0948. The van der Waals surface area contributed by atoms with E-state index in [-0.39, 0.29) is 11.7 Å². The van der Waals surface area contributed by atoms with Crippen LogP contribution >= 0.6 is 0 Å². The van der Waals surface area contributed by atoms with Gasteiger partial charge in [0.25, 0.3) is 0 Å². The van der Waals surface area contributed by atoms with Crippen molar-refractivity contribution >= 4 is 17.7 Å². The third-order valence-corrected chi connectivity index (χ3v) is 3.72. The summed E-state index contributed by atoms with van der Waals surface area (Å²) in [6.45, 7) is 11.5. The minimum absolute atomic E-state index is 0.112. The first-order valence-corrected chi connectivity index (χ1v) is 9.37. The van der Waals surface area contributed by atoms with Crippen LogP contribution in [0.3, 0.4) is 0 Å². The van der Waals surface area contributed by atoms with Gasteiger partial charge >= 0.3 is 6.09 Å². The molecule has 2 N–H and O–H groups in total. The van der Waals surface area contributed by atoms with E-state index in [0.717, 1.165) is 6.92 Å². The lowest BCUT2D eigenvalue weighted by Crippen LogP contribution is -2.44. The van der Waals surface area contributed by atoms with Gasteiger partial charge in [0.1, 0.15) is 5.60 Å². The number of anilines is 1. The molecule has 1 aromatic heterocycles. The first-order valence-electron chi connectivity index (χ1n) is 9.37. The van der Waals surface area contributed by atoms with Gasteiger partial charge in [-0.25, -0.2) is 9.18 Å². The maximum Gasteiger partial charge on any atom is 0.410 e. The number of carbonyl (C=O) groups is 2. The van der Waals surface area contributed by atoms with E-state index < -0.39 is 28.7 Å². The van der Waals surface area contributed by atoms with Crippen molar-refractivity contribution in [2.75, 3.05) is 5.32 Å². The Morgan fingerprint density at radius 1 is 0.900 bits per heavy atom. The number of halogens is 1. The molecule has 0 fully saturated rings. The van der Waals surface area contributed by atoms with Crippen LogP contribution in [0, 0.1) is 5.41 Å². The van der Waals surface area contributed by atoms with Gasteiger partial charge in [-0.2, -0.15) is 0 Å². The number of alkyl carbamates (subject to hydrolysis) is 1. The van der Waals surface area contributed by atoms with Crippen molar-refractivity contribution in [3.63, 3.8) is 0 Å². The number of hydrogen-bond acceptors (Lipinski definition) is 7. The summed E-state index contributed by atoms with van der Waals surface area (Å²) in [5.74, 6) is -2.77. The Morgan fingerprint density at radius 3 is 1.90 bits per heavy atom. The predicted molar refractivity (Wildman–Crippen MR) is 109 cm³/mol. The first kappa shape index (κ1) is 23.1. The van der Waals surface area contributed by atoms with E-state index in [4.69, 9.17) is 4.74 Å².